The Morgan fingerprint density at radius 2 is 1.74 bits per heavy atom. The maximum Gasteiger partial charge on any atom is 0.231 e. The Morgan fingerprint density at radius 1 is 1.00 bits per heavy atom. The van der Waals surface area contributed by atoms with E-state index in [-0.39, 0.29) is 12.3 Å². The molecule has 0 aliphatic rings. The topological polar surface area (TPSA) is 59.8 Å². The molecule has 4 aromatic rings. The van der Waals surface area contributed by atoms with Gasteiger partial charge in [-0.25, -0.2) is 9.67 Å². The van der Waals surface area contributed by atoms with Gasteiger partial charge in [0.15, 0.2) is 0 Å². The van der Waals surface area contributed by atoms with Crippen LogP contribution in [-0.4, -0.2) is 20.7 Å². The first-order valence-electron chi connectivity index (χ1n) is 8.63. The lowest BCUT2D eigenvalue weighted by atomic mass is 10.2. The van der Waals surface area contributed by atoms with Gasteiger partial charge in [-0.3, -0.25) is 4.79 Å². The van der Waals surface area contributed by atoms with E-state index in [0.717, 1.165) is 21.8 Å². The molecule has 6 heteroatoms. The molecular formula is C21H18N4OS. The van der Waals surface area contributed by atoms with E-state index in [9.17, 15) is 4.79 Å². The Morgan fingerprint density at radius 3 is 2.52 bits per heavy atom. The molecule has 0 saturated heterocycles. The van der Waals surface area contributed by atoms with Crippen LogP contribution in [0.4, 0.5) is 5.82 Å². The van der Waals surface area contributed by atoms with Gasteiger partial charge in [-0.15, -0.1) is 11.3 Å². The monoisotopic (exact) mass is 374 g/mol. The SMILES string of the molecule is O=C(Cc1csc(-c2ccccc2)n1)Nc1ccnn1Cc1ccccc1. The standard InChI is InChI=1S/C21H18N4OS/c26-20(13-18-15-27-21(23-18)17-9-5-2-6-10-17)24-19-11-12-22-25(19)14-16-7-3-1-4-8-16/h1-12,15H,13-14H2,(H,24,26). The fourth-order valence-electron chi connectivity index (χ4n) is 2.77. The minimum atomic E-state index is -0.102. The van der Waals surface area contributed by atoms with E-state index < -0.39 is 0 Å². The highest BCUT2D eigenvalue weighted by atomic mass is 32.1. The van der Waals surface area contributed by atoms with Gasteiger partial charge >= 0.3 is 0 Å². The van der Waals surface area contributed by atoms with E-state index in [4.69, 9.17) is 0 Å². The Kier molecular flexibility index (Phi) is 5.07. The molecular weight excluding hydrogens is 356 g/mol. The van der Waals surface area contributed by atoms with Crippen LogP contribution in [0.15, 0.2) is 78.3 Å². The van der Waals surface area contributed by atoms with Crippen molar-refractivity contribution in [2.24, 2.45) is 0 Å². The summed E-state index contributed by atoms with van der Waals surface area (Å²) in [5, 5.41) is 10.1. The van der Waals surface area contributed by atoms with E-state index in [1.54, 1.807) is 28.3 Å². The molecule has 0 atom stereocenters. The molecule has 0 spiro atoms. The first-order valence-corrected chi connectivity index (χ1v) is 9.51. The van der Waals surface area contributed by atoms with E-state index in [0.29, 0.717) is 12.4 Å². The van der Waals surface area contributed by atoms with Crippen molar-refractivity contribution in [3.05, 3.63) is 89.6 Å². The number of rotatable bonds is 6. The third kappa shape index (κ3) is 4.30. The minimum Gasteiger partial charge on any atom is -0.311 e. The fourth-order valence-corrected chi connectivity index (χ4v) is 3.60. The van der Waals surface area contributed by atoms with E-state index in [2.05, 4.69) is 15.4 Å². The fraction of sp³-hybridized carbons (Fsp3) is 0.0952. The first kappa shape index (κ1) is 17.2. The Hall–Kier alpha value is -3.25. The third-order valence-electron chi connectivity index (χ3n) is 4.07. The zero-order valence-corrected chi connectivity index (χ0v) is 15.4. The highest BCUT2D eigenvalue weighted by molar-refractivity contribution is 7.13. The maximum absolute atomic E-state index is 12.4. The summed E-state index contributed by atoms with van der Waals surface area (Å²) < 4.78 is 1.78. The normalized spacial score (nSPS) is 10.7. The summed E-state index contributed by atoms with van der Waals surface area (Å²) in [7, 11) is 0. The number of hydrogen-bond donors (Lipinski definition) is 1. The van der Waals surface area contributed by atoms with Crippen LogP contribution in [0, 0.1) is 0 Å². The summed E-state index contributed by atoms with van der Waals surface area (Å²) in [5.74, 6) is 0.581. The molecule has 2 aromatic carbocycles. The van der Waals surface area contributed by atoms with E-state index >= 15 is 0 Å². The van der Waals surface area contributed by atoms with Gasteiger partial charge in [-0.1, -0.05) is 60.7 Å². The number of benzene rings is 2. The average molecular weight is 374 g/mol. The van der Waals surface area contributed by atoms with Crippen molar-refractivity contribution < 1.29 is 4.79 Å². The lowest BCUT2D eigenvalue weighted by Gasteiger charge is -2.08. The van der Waals surface area contributed by atoms with Crippen molar-refractivity contribution in [1.29, 1.82) is 0 Å². The van der Waals surface area contributed by atoms with Crippen LogP contribution in [0.1, 0.15) is 11.3 Å². The molecule has 0 aliphatic carbocycles. The molecule has 1 amide bonds. The molecule has 27 heavy (non-hydrogen) atoms. The zero-order valence-electron chi connectivity index (χ0n) is 14.6. The number of nitrogens with zero attached hydrogens (tertiary/aromatic N) is 3. The van der Waals surface area contributed by atoms with Gasteiger partial charge in [0.1, 0.15) is 10.8 Å². The quantitative estimate of drug-likeness (QED) is 0.549. The number of nitrogens with one attached hydrogen (secondary N) is 1. The minimum absolute atomic E-state index is 0.102. The molecule has 0 unspecified atom stereocenters. The summed E-state index contributed by atoms with van der Waals surface area (Å²) in [6, 6.07) is 21.8. The Labute approximate surface area is 161 Å². The van der Waals surface area contributed by atoms with Crippen LogP contribution in [0.3, 0.4) is 0 Å². The second kappa shape index (κ2) is 7.97. The van der Waals surface area contributed by atoms with Crippen LogP contribution in [0.2, 0.25) is 0 Å². The van der Waals surface area contributed by atoms with Crippen LogP contribution in [0.25, 0.3) is 10.6 Å². The second-order valence-electron chi connectivity index (χ2n) is 6.09. The number of carbonyl (C=O) groups excluding carboxylic acids is 1. The average Bonchev–Trinajstić information content (AvgIpc) is 3.33. The van der Waals surface area contributed by atoms with Crippen molar-refractivity contribution in [3.8, 4) is 10.6 Å². The molecule has 0 radical (unpaired) electrons. The number of carbonyl (C=O) groups is 1. The lowest BCUT2D eigenvalue weighted by molar-refractivity contribution is -0.115. The summed E-state index contributed by atoms with van der Waals surface area (Å²) in [5.41, 5.74) is 2.96. The van der Waals surface area contributed by atoms with Gasteiger partial charge in [-0.05, 0) is 5.56 Å². The van der Waals surface area contributed by atoms with Gasteiger partial charge in [0.05, 0.1) is 24.9 Å². The molecule has 0 fully saturated rings. The molecule has 0 bridgehead atoms. The number of amides is 1. The van der Waals surface area contributed by atoms with Crippen molar-refractivity contribution >= 4 is 23.1 Å². The van der Waals surface area contributed by atoms with Crippen LogP contribution in [0.5, 0.6) is 0 Å². The lowest BCUT2D eigenvalue weighted by Crippen LogP contribution is -2.18. The molecule has 2 aromatic heterocycles. The van der Waals surface area contributed by atoms with Crippen molar-refractivity contribution in [3.63, 3.8) is 0 Å². The smallest absolute Gasteiger partial charge is 0.231 e. The van der Waals surface area contributed by atoms with Crippen LogP contribution < -0.4 is 5.32 Å². The molecule has 2 heterocycles. The predicted octanol–water partition coefficient (Wildman–Crippen LogP) is 4.24. The maximum atomic E-state index is 12.4. The number of hydrogen-bond acceptors (Lipinski definition) is 4. The first-order chi connectivity index (χ1) is 13.3. The number of thiazole rings is 1. The largest absolute Gasteiger partial charge is 0.311 e. The summed E-state index contributed by atoms with van der Waals surface area (Å²) in [6.07, 6.45) is 1.93. The van der Waals surface area contributed by atoms with E-state index in [1.165, 1.54) is 0 Å². The molecule has 1 N–H and O–H groups in total. The van der Waals surface area contributed by atoms with Crippen molar-refractivity contribution in [2.75, 3.05) is 5.32 Å². The highest BCUT2D eigenvalue weighted by Crippen LogP contribution is 2.23. The number of anilines is 1. The van der Waals surface area contributed by atoms with Crippen molar-refractivity contribution in [1.82, 2.24) is 14.8 Å². The molecule has 4 rings (SSSR count). The number of aromatic nitrogens is 3. The third-order valence-corrected chi connectivity index (χ3v) is 5.01. The molecule has 5 nitrogen and oxygen atoms in total. The highest BCUT2D eigenvalue weighted by Gasteiger charge is 2.11. The van der Waals surface area contributed by atoms with Gasteiger partial charge in [0, 0.05) is 17.0 Å². The zero-order chi connectivity index (χ0) is 18.5. The van der Waals surface area contributed by atoms with Gasteiger partial charge < -0.3 is 5.32 Å². The molecule has 0 saturated carbocycles. The van der Waals surface area contributed by atoms with Crippen LogP contribution in [-0.2, 0) is 17.8 Å². The summed E-state index contributed by atoms with van der Waals surface area (Å²) in [4.78, 5) is 17.0. The van der Waals surface area contributed by atoms with E-state index in [1.807, 2.05) is 66.0 Å². The Bertz CT molecular complexity index is 1020. The summed E-state index contributed by atoms with van der Waals surface area (Å²) >= 11 is 1.55. The van der Waals surface area contributed by atoms with Gasteiger partial charge in [0.2, 0.25) is 5.91 Å². The van der Waals surface area contributed by atoms with Crippen LogP contribution >= 0.6 is 11.3 Å². The Balaban J connectivity index is 1.41. The van der Waals surface area contributed by atoms with Gasteiger partial charge in [0.25, 0.3) is 0 Å². The van der Waals surface area contributed by atoms with Gasteiger partial charge in [-0.2, -0.15) is 5.10 Å². The van der Waals surface area contributed by atoms with Crippen molar-refractivity contribution in [2.45, 2.75) is 13.0 Å². The summed E-state index contributed by atoms with van der Waals surface area (Å²) in [6.45, 7) is 0.609. The molecule has 134 valence electrons. The molecule has 0 aliphatic heterocycles. The predicted molar refractivity (Wildman–Crippen MR) is 108 cm³/mol. The second-order valence-corrected chi connectivity index (χ2v) is 6.95.